The molecule has 1 aliphatic heterocycles. The van der Waals surface area contributed by atoms with E-state index in [1.807, 2.05) is 0 Å². The van der Waals surface area contributed by atoms with Crippen molar-refractivity contribution >= 4 is 34.8 Å². The minimum atomic E-state index is -5.56. The molecule has 0 aliphatic carbocycles. The Labute approximate surface area is 71.1 Å². The van der Waals surface area contributed by atoms with Crippen molar-refractivity contribution in [3.63, 3.8) is 0 Å². The van der Waals surface area contributed by atoms with E-state index in [0.29, 0.717) is 0 Å². The summed E-state index contributed by atoms with van der Waals surface area (Å²) in [5.41, 5.74) is 0. The van der Waals surface area contributed by atoms with Crippen LogP contribution in [0.25, 0.3) is 0 Å². The first kappa shape index (κ1) is 11.2. The molecule has 0 saturated carbocycles. The van der Waals surface area contributed by atoms with Gasteiger partial charge in [-0.3, -0.25) is 0 Å². The summed E-state index contributed by atoms with van der Waals surface area (Å²) >= 11 is 4.76. The molecular formula is H6ClF5N3P3. The Balaban J connectivity index is 2.81. The average Bonchev–Trinajstić information content (AvgIpc) is 1.44. The van der Waals surface area contributed by atoms with Crippen LogP contribution in [0.15, 0.2) is 0 Å². The average molecular weight is 271 g/mol. The third-order valence-electron chi connectivity index (χ3n) is 0.942. The predicted molar refractivity (Wildman–Crippen MR) is 45.7 cm³/mol. The van der Waals surface area contributed by atoms with Crippen molar-refractivity contribution in [3.05, 3.63) is 0 Å². The first-order valence-corrected chi connectivity index (χ1v) is 9.04. The Morgan fingerprint density at radius 1 is 0.750 bits per heavy atom. The molecule has 3 N–H and O–H groups in total. The van der Waals surface area contributed by atoms with Crippen LogP contribution in [-0.2, 0) is 0 Å². The molecule has 1 heterocycles. The van der Waals surface area contributed by atoms with Crippen LogP contribution in [0.3, 0.4) is 0 Å². The second-order valence-corrected chi connectivity index (χ2v) is 10.1. The molecule has 0 unspecified atom stereocenters. The SMILES string of the molecule is F[PH]1(F)N[PH](F)(F)N[PH](F)(Cl)N1. The van der Waals surface area contributed by atoms with Crippen molar-refractivity contribution in [2.75, 3.05) is 0 Å². The number of halogens is 6. The maximum absolute atomic E-state index is 12.6. The number of hydrogen-bond donors (Lipinski definition) is 3. The fraction of sp³-hybridized carbons (Fsp3) is 0. The molecule has 0 amide bonds. The van der Waals surface area contributed by atoms with Gasteiger partial charge in [-0.15, -0.1) is 0 Å². The van der Waals surface area contributed by atoms with Gasteiger partial charge < -0.3 is 0 Å². The summed E-state index contributed by atoms with van der Waals surface area (Å²) < 4.78 is 62.0. The van der Waals surface area contributed by atoms with Crippen LogP contribution in [-0.4, -0.2) is 0 Å². The first-order chi connectivity index (χ1) is 5.12. The Bertz CT molecular complexity index is 149. The van der Waals surface area contributed by atoms with Gasteiger partial charge in [0.25, 0.3) is 0 Å². The van der Waals surface area contributed by atoms with Gasteiger partial charge in [-0.1, -0.05) is 0 Å². The summed E-state index contributed by atoms with van der Waals surface area (Å²) in [4.78, 5) is 2.91. The van der Waals surface area contributed by atoms with Crippen molar-refractivity contribution in [3.8, 4) is 0 Å². The second kappa shape index (κ2) is 3.06. The van der Waals surface area contributed by atoms with E-state index < -0.39 is 23.6 Å². The zero-order valence-corrected chi connectivity index (χ0v) is 9.02. The third kappa shape index (κ3) is 3.11. The summed E-state index contributed by atoms with van der Waals surface area (Å²) in [6.45, 7) is 0. The molecule has 1 rings (SSSR count). The van der Waals surface area contributed by atoms with Crippen molar-refractivity contribution in [2.45, 2.75) is 0 Å². The van der Waals surface area contributed by atoms with Gasteiger partial charge in [0, 0.05) is 0 Å². The molecule has 0 spiro atoms. The third-order valence-corrected chi connectivity index (χ3v) is 10.2. The maximum atomic E-state index is 12.6. The molecule has 0 radical (unpaired) electrons. The molecular weight excluding hydrogens is 265 g/mol. The second-order valence-electron chi connectivity index (χ2n) is 2.10. The summed E-state index contributed by atoms with van der Waals surface area (Å²) in [5.74, 6) is 0. The molecule has 0 atom stereocenters. The fourth-order valence-corrected chi connectivity index (χ4v) is 9.99. The van der Waals surface area contributed by atoms with Gasteiger partial charge in [-0.25, -0.2) is 0 Å². The monoisotopic (exact) mass is 271 g/mol. The first-order valence-electron chi connectivity index (χ1n) is 2.63. The Morgan fingerprint density at radius 2 is 1.08 bits per heavy atom. The Kier molecular flexibility index (Phi) is 2.85. The number of hydrogen-bond acceptors (Lipinski definition) is 3. The zero-order valence-electron chi connectivity index (χ0n) is 5.27. The van der Waals surface area contributed by atoms with Gasteiger partial charge in [0.2, 0.25) is 0 Å². The zero-order chi connectivity index (χ0) is 9.62. The van der Waals surface area contributed by atoms with Gasteiger partial charge in [-0.2, -0.15) is 0 Å². The van der Waals surface area contributed by atoms with Crippen LogP contribution < -0.4 is 14.6 Å². The summed E-state index contributed by atoms with van der Waals surface area (Å²) in [6.07, 6.45) is 0. The van der Waals surface area contributed by atoms with Crippen LogP contribution in [0.2, 0.25) is 0 Å². The van der Waals surface area contributed by atoms with Gasteiger partial charge in [-0.05, 0) is 0 Å². The standard InChI is InChI=1S/ClF5H6N3P3/c1-10(2)7-11(3,4)9-12(5,6)8-10/h7-12H. The Hall–Kier alpha value is 1.11. The van der Waals surface area contributed by atoms with E-state index in [1.165, 1.54) is 0 Å². The minimum absolute atomic E-state index is 0.787. The molecule has 0 aromatic carbocycles. The van der Waals surface area contributed by atoms with E-state index in [4.69, 9.17) is 11.2 Å². The summed E-state index contributed by atoms with van der Waals surface area (Å²) in [7, 11) is -15.9. The van der Waals surface area contributed by atoms with Crippen LogP contribution in [0, 0.1) is 0 Å². The molecule has 0 aromatic heterocycles. The molecule has 1 aliphatic rings. The summed E-state index contributed by atoms with van der Waals surface area (Å²) in [6, 6.07) is 0. The van der Waals surface area contributed by atoms with Gasteiger partial charge in [0.05, 0.1) is 0 Å². The quantitative estimate of drug-likeness (QED) is 0.468. The summed E-state index contributed by atoms with van der Waals surface area (Å²) in [5, 5.41) is 0. The molecule has 3 nitrogen and oxygen atoms in total. The van der Waals surface area contributed by atoms with Crippen LogP contribution >= 0.6 is 34.8 Å². The van der Waals surface area contributed by atoms with Crippen LogP contribution in [0.1, 0.15) is 0 Å². The molecule has 1 fully saturated rings. The van der Waals surface area contributed by atoms with Crippen LogP contribution in [0.5, 0.6) is 0 Å². The molecule has 12 heteroatoms. The van der Waals surface area contributed by atoms with E-state index in [-0.39, 0.29) is 0 Å². The van der Waals surface area contributed by atoms with Crippen molar-refractivity contribution < 1.29 is 21.0 Å². The molecule has 12 heavy (non-hydrogen) atoms. The number of nitrogens with one attached hydrogen (secondary N) is 3. The van der Waals surface area contributed by atoms with Gasteiger partial charge in [0.15, 0.2) is 0 Å². The predicted octanol–water partition coefficient (Wildman–Crippen LogP) is 3.08. The van der Waals surface area contributed by atoms with Crippen molar-refractivity contribution in [1.82, 2.24) is 14.6 Å². The molecule has 1 saturated heterocycles. The van der Waals surface area contributed by atoms with E-state index in [1.54, 1.807) is 0 Å². The van der Waals surface area contributed by atoms with Crippen molar-refractivity contribution in [2.24, 2.45) is 0 Å². The molecule has 0 bridgehead atoms. The Morgan fingerprint density at radius 3 is 1.33 bits per heavy atom. The van der Waals surface area contributed by atoms with Gasteiger partial charge >= 0.3 is 70.4 Å². The number of rotatable bonds is 0. The van der Waals surface area contributed by atoms with Crippen molar-refractivity contribution in [1.29, 1.82) is 0 Å². The van der Waals surface area contributed by atoms with Gasteiger partial charge in [0.1, 0.15) is 0 Å². The molecule has 0 aromatic rings. The van der Waals surface area contributed by atoms with Crippen LogP contribution in [0.4, 0.5) is 21.0 Å². The van der Waals surface area contributed by atoms with E-state index >= 15 is 0 Å². The normalized spacial score (nSPS) is 39.5. The van der Waals surface area contributed by atoms with E-state index in [9.17, 15) is 21.0 Å². The fourth-order valence-electron chi connectivity index (χ4n) is 0.685. The van der Waals surface area contributed by atoms with E-state index in [0.717, 1.165) is 14.6 Å². The molecule has 78 valence electrons. The van der Waals surface area contributed by atoms with E-state index in [2.05, 4.69) is 0 Å². The topological polar surface area (TPSA) is 36.1 Å².